The van der Waals surface area contributed by atoms with Crippen LogP contribution >= 0.6 is 0 Å². The minimum absolute atomic E-state index is 0.0255. The lowest BCUT2D eigenvalue weighted by Crippen LogP contribution is -2.27. The maximum Gasteiger partial charge on any atom is 0.224 e. The average molecular weight is 258 g/mol. The fourth-order valence-corrected chi connectivity index (χ4v) is 1.87. The Labute approximate surface area is 112 Å². The van der Waals surface area contributed by atoms with Gasteiger partial charge in [-0.05, 0) is 25.0 Å². The molecule has 0 fully saturated rings. The summed E-state index contributed by atoms with van der Waals surface area (Å²) in [5.41, 5.74) is 2.20. The van der Waals surface area contributed by atoms with Gasteiger partial charge < -0.3 is 9.73 Å². The van der Waals surface area contributed by atoms with Crippen molar-refractivity contribution in [3.8, 4) is 0 Å². The molecule has 0 spiro atoms. The van der Waals surface area contributed by atoms with Gasteiger partial charge in [-0.2, -0.15) is 0 Å². The highest BCUT2D eigenvalue weighted by Crippen LogP contribution is 2.07. The SMILES string of the molecule is Cc1cnc(CCNC(=O)Cc2ccccc2C)o1. The third kappa shape index (κ3) is 3.95. The van der Waals surface area contributed by atoms with Crippen LogP contribution in [-0.2, 0) is 17.6 Å². The summed E-state index contributed by atoms with van der Waals surface area (Å²) in [6.45, 7) is 4.41. The van der Waals surface area contributed by atoms with E-state index in [1.54, 1.807) is 6.20 Å². The fraction of sp³-hybridized carbons (Fsp3) is 0.333. The number of rotatable bonds is 5. The van der Waals surface area contributed by atoms with E-state index in [9.17, 15) is 4.79 Å². The lowest BCUT2D eigenvalue weighted by Gasteiger charge is -2.06. The Kier molecular flexibility index (Phi) is 4.34. The van der Waals surface area contributed by atoms with E-state index in [2.05, 4.69) is 10.3 Å². The number of oxazole rings is 1. The molecule has 1 N–H and O–H groups in total. The zero-order chi connectivity index (χ0) is 13.7. The van der Waals surface area contributed by atoms with Crippen LogP contribution in [0.1, 0.15) is 22.8 Å². The number of amides is 1. The van der Waals surface area contributed by atoms with Crippen molar-refractivity contribution in [1.82, 2.24) is 10.3 Å². The molecular weight excluding hydrogens is 240 g/mol. The van der Waals surface area contributed by atoms with Gasteiger partial charge in [0.15, 0.2) is 5.89 Å². The monoisotopic (exact) mass is 258 g/mol. The molecule has 1 aromatic heterocycles. The van der Waals surface area contributed by atoms with E-state index >= 15 is 0 Å². The summed E-state index contributed by atoms with van der Waals surface area (Å²) in [5, 5.41) is 2.88. The van der Waals surface area contributed by atoms with Crippen molar-refractivity contribution in [3.05, 3.63) is 53.2 Å². The summed E-state index contributed by atoms with van der Waals surface area (Å²) in [4.78, 5) is 15.9. The van der Waals surface area contributed by atoms with Gasteiger partial charge in [0.05, 0.1) is 12.6 Å². The third-order valence-electron chi connectivity index (χ3n) is 2.94. The summed E-state index contributed by atoms with van der Waals surface area (Å²) < 4.78 is 5.34. The highest BCUT2D eigenvalue weighted by molar-refractivity contribution is 5.78. The van der Waals surface area contributed by atoms with E-state index in [1.165, 1.54) is 0 Å². The van der Waals surface area contributed by atoms with Gasteiger partial charge in [0.2, 0.25) is 5.91 Å². The summed E-state index contributed by atoms with van der Waals surface area (Å²) >= 11 is 0. The molecule has 0 unspecified atom stereocenters. The number of nitrogens with one attached hydrogen (secondary N) is 1. The fourth-order valence-electron chi connectivity index (χ4n) is 1.87. The summed E-state index contributed by atoms with van der Waals surface area (Å²) in [5.74, 6) is 1.48. The first-order valence-electron chi connectivity index (χ1n) is 6.37. The van der Waals surface area contributed by atoms with Gasteiger partial charge in [0.1, 0.15) is 5.76 Å². The lowest BCUT2D eigenvalue weighted by molar-refractivity contribution is -0.120. The molecule has 0 saturated heterocycles. The normalized spacial score (nSPS) is 10.4. The number of carbonyl (C=O) groups is 1. The molecule has 4 heteroatoms. The molecule has 0 atom stereocenters. The Hall–Kier alpha value is -2.10. The number of aromatic nitrogens is 1. The van der Waals surface area contributed by atoms with Crippen molar-refractivity contribution < 1.29 is 9.21 Å². The molecule has 1 aromatic carbocycles. The molecule has 19 heavy (non-hydrogen) atoms. The van der Waals surface area contributed by atoms with Gasteiger partial charge >= 0.3 is 0 Å². The summed E-state index contributed by atoms with van der Waals surface area (Å²) in [6.07, 6.45) is 2.72. The minimum Gasteiger partial charge on any atom is -0.446 e. The predicted molar refractivity (Wildman–Crippen MR) is 72.8 cm³/mol. The van der Waals surface area contributed by atoms with Crippen LogP contribution < -0.4 is 5.32 Å². The molecule has 4 nitrogen and oxygen atoms in total. The van der Waals surface area contributed by atoms with Gasteiger partial charge in [-0.25, -0.2) is 4.98 Å². The first-order chi connectivity index (χ1) is 9.15. The number of carbonyl (C=O) groups excluding carboxylic acids is 1. The number of benzene rings is 1. The topological polar surface area (TPSA) is 55.1 Å². The van der Waals surface area contributed by atoms with Crippen molar-refractivity contribution in [3.63, 3.8) is 0 Å². The van der Waals surface area contributed by atoms with E-state index in [0.29, 0.717) is 25.3 Å². The lowest BCUT2D eigenvalue weighted by atomic mass is 10.1. The Balaban J connectivity index is 1.77. The van der Waals surface area contributed by atoms with Crippen molar-refractivity contribution in [2.45, 2.75) is 26.7 Å². The van der Waals surface area contributed by atoms with Crippen LogP contribution in [-0.4, -0.2) is 17.4 Å². The van der Waals surface area contributed by atoms with Crippen molar-refractivity contribution in [2.24, 2.45) is 0 Å². The molecule has 0 radical (unpaired) electrons. The molecule has 0 saturated carbocycles. The molecule has 0 bridgehead atoms. The molecule has 0 aliphatic carbocycles. The number of aryl methyl sites for hydroxylation is 2. The van der Waals surface area contributed by atoms with E-state index in [-0.39, 0.29) is 5.91 Å². The maximum atomic E-state index is 11.8. The quantitative estimate of drug-likeness (QED) is 0.894. The van der Waals surface area contributed by atoms with E-state index < -0.39 is 0 Å². The highest BCUT2D eigenvalue weighted by atomic mass is 16.4. The number of hydrogen-bond donors (Lipinski definition) is 1. The second-order valence-corrected chi connectivity index (χ2v) is 4.57. The Bertz CT molecular complexity index is 561. The summed E-state index contributed by atoms with van der Waals surface area (Å²) in [7, 11) is 0. The van der Waals surface area contributed by atoms with Crippen molar-refractivity contribution >= 4 is 5.91 Å². The zero-order valence-electron chi connectivity index (χ0n) is 11.3. The predicted octanol–water partition coefficient (Wildman–Crippen LogP) is 2.19. The van der Waals surface area contributed by atoms with Crippen molar-refractivity contribution in [2.75, 3.05) is 6.54 Å². The van der Waals surface area contributed by atoms with Gasteiger partial charge in [-0.3, -0.25) is 4.79 Å². The molecule has 2 aromatic rings. The molecule has 0 aliphatic rings. The van der Waals surface area contributed by atoms with Gasteiger partial charge in [-0.1, -0.05) is 24.3 Å². The van der Waals surface area contributed by atoms with E-state index in [0.717, 1.165) is 16.9 Å². The van der Waals surface area contributed by atoms with Crippen LogP contribution in [0.2, 0.25) is 0 Å². The van der Waals surface area contributed by atoms with Crippen molar-refractivity contribution in [1.29, 1.82) is 0 Å². The minimum atomic E-state index is 0.0255. The van der Waals surface area contributed by atoms with Crippen LogP contribution in [0.25, 0.3) is 0 Å². The Morgan fingerprint density at radius 3 is 2.79 bits per heavy atom. The second-order valence-electron chi connectivity index (χ2n) is 4.57. The van der Waals surface area contributed by atoms with Crippen LogP contribution in [0.5, 0.6) is 0 Å². The third-order valence-corrected chi connectivity index (χ3v) is 2.94. The largest absolute Gasteiger partial charge is 0.446 e. The van der Waals surface area contributed by atoms with Crippen LogP contribution in [0, 0.1) is 13.8 Å². The zero-order valence-corrected chi connectivity index (χ0v) is 11.3. The Morgan fingerprint density at radius 2 is 2.11 bits per heavy atom. The van der Waals surface area contributed by atoms with Crippen LogP contribution in [0.15, 0.2) is 34.9 Å². The van der Waals surface area contributed by atoms with E-state index in [4.69, 9.17) is 4.42 Å². The Morgan fingerprint density at radius 1 is 1.32 bits per heavy atom. The first-order valence-corrected chi connectivity index (χ1v) is 6.37. The smallest absolute Gasteiger partial charge is 0.224 e. The standard InChI is InChI=1S/C15H18N2O2/c1-11-5-3-4-6-13(11)9-14(18)16-8-7-15-17-10-12(2)19-15/h3-6,10H,7-9H2,1-2H3,(H,16,18). The molecule has 1 heterocycles. The molecule has 1 amide bonds. The average Bonchev–Trinajstić information content (AvgIpc) is 2.78. The van der Waals surface area contributed by atoms with Crippen LogP contribution in [0.3, 0.4) is 0 Å². The number of nitrogens with zero attached hydrogens (tertiary/aromatic N) is 1. The van der Waals surface area contributed by atoms with Gasteiger partial charge in [0.25, 0.3) is 0 Å². The first kappa shape index (κ1) is 13.3. The summed E-state index contributed by atoms with van der Waals surface area (Å²) in [6, 6.07) is 7.91. The van der Waals surface area contributed by atoms with E-state index in [1.807, 2.05) is 38.1 Å². The molecule has 0 aliphatic heterocycles. The second kappa shape index (κ2) is 6.18. The highest BCUT2D eigenvalue weighted by Gasteiger charge is 2.06. The van der Waals surface area contributed by atoms with Gasteiger partial charge in [0, 0.05) is 13.0 Å². The molecular formula is C15H18N2O2. The van der Waals surface area contributed by atoms with Crippen LogP contribution in [0.4, 0.5) is 0 Å². The molecule has 2 rings (SSSR count). The van der Waals surface area contributed by atoms with Gasteiger partial charge in [-0.15, -0.1) is 0 Å². The number of hydrogen-bond acceptors (Lipinski definition) is 3. The molecule has 100 valence electrons. The maximum absolute atomic E-state index is 11.8.